The zero-order valence-corrected chi connectivity index (χ0v) is 12.5. The number of rotatable bonds is 5. The molecule has 2 aromatic rings. The Kier molecular flexibility index (Phi) is 4.68. The second-order valence-corrected chi connectivity index (χ2v) is 5.01. The topological polar surface area (TPSA) is 41.5 Å². The number of phenols is 1. The molecule has 0 spiro atoms. The van der Waals surface area contributed by atoms with E-state index in [1.165, 1.54) is 6.07 Å². The van der Waals surface area contributed by atoms with Gasteiger partial charge in [0.15, 0.2) is 11.6 Å². The quantitative estimate of drug-likeness (QED) is 0.856. The van der Waals surface area contributed by atoms with E-state index in [0.29, 0.717) is 12.3 Å². The van der Waals surface area contributed by atoms with Crippen LogP contribution in [0, 0.1) is 12.7 Å². The SMILES string of the molecule is CCOc1ccc(NC(C)c2cc(C)ccc2O)cc1F. The Hall–Kier alpha value is -2.23. The van der Waals surface area contributed by atoms with E-state index in [2.05, 4.69) is 5.32 Å². The van der Waals surface area contributed by atoms with Crippen LogP contribution >= 0.6 is 0 Å². The monoisotopic (exact) mass is 289 g/mol. The van der Waals surface area contributed by atoms with Crippen molar-refractivity contribution in [2.75, 3.05) is 11.9 Å². The molecule has 1 unspecified atom stereocenters. The van der Waals surface area contributed by atoms with Crippen LogP contribution < -0.4 is 10.1 Å². The van der Waals surface area contributed by atoms with Gasteiger partial charge in [-0.3, -0.25) is 0 Å². The van der Waals surface area contributed by atoms with E-state index in [-0.39, 0.29) is 17.5 Å². The summed E-state index contributed by atoms with van der Waals surface area (Å²) in [4.78, 5) is 0. The summed E-state index contributed by atoms with van der Waals surface area (Å²) in [7, 11) is 0. The molecule has 0 saturated carbocycles. The molecule has 4 heteroatoms. The number of hydrogen-bond acceptors (Lipinski definition) is 3. The molecule has 2 aromatic carbocycles. The lowest BCUT2D eigenvalue weighted by Gasteiger charge is -2.18. The smallest absolute Gasteiger partial charge is 0.167 e. The number of ether oxygens (including phenoxy) is 1. The van der Waals surface area contributed by atoms with Gasteiger partial charge in [0.05, 0.1) is 12.6 Å². The maximum Gasteiger partial charge on any atom is 0.167 e. The van der Waals surface area contributed by atoms with E-state index in [1.54, 1.807) is 18.2 Å². The number of anilines is 1. The number of halogens is 1. The lowest BCUT2D eigenvalue weighted by atomic mass is 10.0. The van der Waals surface area contributed by atoms with Crippen molar-refractivity contribution in [3.63, 3.8) is 0 Å². The van der Waals surface area contributed by atoms with Crippen LogP contribution in [0.4, 0.5) is 10.1 Å². The number of aromatic hydroxyl groups is 1. The molecule has 3 nitrogen and oxygen atoms in total. The van der Waals surface area contributed by atoms with Gasteiger partial charge < -0.3 is 15.2 Å². The van der Waals surface area contributed by atoms with Crippen molar-refractivity contribution in [1.29, 1.82) is 0 Å². The minimum Gasteiger partial charge on any atom is -0.508 e. The van der Waals surface area contributed by atoms with Crippen LogP contribution in [0.3, 0.4) is 0 Å². The van der Waals surface area contributed by atoms with E-state index in [1.807, 2.05) is 32.9 Å². The summed E-state index contributed by atoms with van der Waals surface area (Å²) in [6.07, 6.45) is 0. The van der Waals surface area contributed by atoms with Gasteiger partial charge in [0.25, 0.3) is 0 Å². The summed E-state index contributed by atoms with van der Waals surface area (Å²) in [5.41, 5.74) is 2.49. The van der Waals surface area contributed by atoms with Crippen LogP contribution in [0.25, 0.3) is 0 Å². The largest absolute Gasteiger partial charge is 0.508 e. The third-order valence-electron chi connectivity index (χ3n) is 3.26. The summed E-state index contributed by atoms with van der Waals surface area (Å²) in [6.45, 7) is 6.13. The second kappa shape index (κ2) is 6.48. The van der Waals surface area contributed by atoms with E-state index in [9.17, 15) is 9.50 Å². The maximum absolute atomic E-state index is 13.8. The molecular formula is C17H20FNO2. The first-order valence-electron chi connectivity index (χ1n) is 6.99. The van der Waals surface area contributed by atoms with Crippen molar-refractivity contribution in [2.24, 2.45) is 0 Å². The fraction of sp³-hybridized carbons (Fsp3) is 0.294. The molecule has 0 aliphatic rings. The first-order chi connectivity index (χ1) is 10.0. The number of nitrogens with one attached hydrogen (secondary N) is 1. The van der Waals surface area contributed by atoms with Crippen molar-refractivity contribution in [3.05, 3.63) is 53.3 Å². The molecule has 21 heavy (non-hydrogen) atoms. The predicted octanol–water partition coefficient (Wildman–Crippen LogP) is 4.41. The normalized spacial score (nSPS) is 12.0. The molecule has 0 radical (unpaired) electrons. The van der Waals surface area contributed by atoms with Crippen molar-refractivity contribution < 1.29 is 14.2 Å². The second-order valence-electron chi connectivity index (χ2n) is 5.01. The van der Waals surface area contributed by atoms with Gasteiger partial charge in [-0.2, -0.15) is 0 Å². The Morgan fingerprint density at radius 2 is 2.00 bits per heavy atom. The van der Waals surface area contributed by atoms with Crippen LogP contribution in [0.2, 0.25) is 0 Å². The lowest BCUT2D eigenvalue weighted by Crippen LogP contribution is -2.07. The van der Waals surface area contributed by atoms with Crippen LogP contribution in [-0.2, 0) is 0 Å². The summed E-state index contributed by atoms with van der Waals surface area (Å²) in [6, 6.07) is 10.1. The summed E-state index contributed by atoms with van der Waals surface area (Å²) in [5, 5.41) is 13.1. The third kappa shape index (κ3) is 3.66. The average Bonchev–Trinajstić information content (AvgIpc) is 2.44. The van der Waals surface area contributed by atoms with Gasteiger partial charge in [-0.15, -0.1) is 0 Å². The summed E-state index contributed by atoms with van der Waals surface area (Å²) in [5.74, 6) is 0.0728. The molecule has 0 saturated heterocycles. The fourth-order valence-electron chi connectivity index (χ4n) is 2.21. The number of benzene rings is 2. The van der Waals surface area contributed by atoms with Gasteiger partial charge in [0, 0.05) is 17.3 Å². The third-order valence-corrected chi connectivity index (χ3v) is 3.26. The molecular weight excluding hydrogens is 269 g/mol. The maximum atomic E-state index is 13.8. The predicted molar refractivity (Wildman–Crippen MR) is 82.5 cm³/mol. The van der Waals surface area contributed by atoms with Crippen molar-refractivity contribution in [2.45, 2.75) is 26.8 Å². The van der Waals surface area contributed by atoms with Crippen LogP contribution in [-0.4, -0.2) is 11.7 Å². The average molecular weight is 289 g/mol. The molecule has 0 heterocycles. The van der Waals surface area contributed by atoms with Crippen molar-refractivity contribution in [3.8, 4) is 11.5 Å². The molecule has 0 amide bonds. The molecule has 0 bridgehead atoms. The Bertz CT molecular complexity index is 628. The van der Waals surface area contributed by atoms with Crippen LogP contribution in [0.15, 0.2) is 36.4 Å². The molecule has 0 aromatic heterocycles. The zero-order valence-electron chi connectivity index (χ0n) is 12.5. The molecule has 2 N–H and O–H groups in total. The van der Waals surface area contributed by atoms with Gasteiger partial charge in [-0.25, -0.2) is 4.39 Å². The van der Waals surface area contributed by atoms with E-state index in [4.69, 9.17) is 4.74 Å². The van der Waals surface area contributed by atoms with E-state index >= 15 is 0 Å². The summed E-state index contributed by atoms with van der Waals surface area (Å²) >= 11 is 0. The van der Waals surface area contributed by atoms with Gasteiger partial charge in [-0.05, 0) is 39.0 Å². The highest BCUT2D eigenvalue weighted by Gasteiger charge is 2.12. The highest BCUT2D eigenvalue weighted by atomic mass is 19.1. The zero-order chi connectivity index (χ0) is 15.4. The van der Waals surface area contributed by atoms with Crippen molar-refractivity contribution >= 4 is 5.69 Å². The van der Waals surface area contributed by atoms with Gasteiger partial charge in [0.2, 0.25) is 0 Å². The lowest BCUT2D eigenvalue weighted by molar-refractivity contribution is 0.321. The highest BCUT2D eigenvalue weighted by Crippen LogP contribution is 2.29. The van der Waals surface area contributed by atoms with Gasteiger partial charge in [0.1, 0.15) is 5.75 Å². The first kappa shape index (κ1) is 15.2. The Labute approximate surface area is 124 Å². The minimum absolute atomic E-state index is 0.137. The Morgan fingerprint density at radius 1 is 1.24 bits per heavy atom. The molecule has 0 fully saturated rings. The standard InChI is InChI=1S/C17H20FNO2/c1-4-21-17-8-6-13(10-15(17)18)19-12(3)14-9-11(2)5-7-16(14)20/h5-10,12,19-20H,4H2,1-3H3. The first-order valence-corrected chi connectivity index (χ1v) is 6.99. The van der Waals surface area contributed by atoms with Gasteiger partial charge >= 0.3 is 0 Å². The van der Waals surface area contributed by atoms with Crippen molar-refractivity contribution in [1.82, 2.24) is 0 Å². The minimum atomic E-state index is -0.400. The van der Waals surface area contributed by atoms with Gasteiger partial charge in [-0.1, -0.05) is 17.7 Å². The molecule has 1 atom stereocenters. The Balaban J connectivity index is 2.17. The van der Waals surface area contributed by atoms with Crippen LogP contribution in [0.5, 0.6) is 11.5 Å². The van der Waals surface area contributed by atoms with Crippen LogP contribution in [0.1, 0.15) is 31.0 Å². The number of aryl methyl sites for hydroxylation is 1. The molecule has 2 rings (SSSR count). The number of phenolic OH excluding ortho intramolecular Hbond substituents is 1. The van der Waals surface area contributed by atoms with E-state index < -0.39 is 5.82 Å². The van der Waals surface area contributed by atoms with E-state index in [0.717, 1.165) is 11.1 Å². The highest BCUT2D eigenvalue weighted by molar-refractivity contribution is 5.50. The molecule has 0 aliphatic heterocycles. The summed E-state index contributed by atoms with van der Waals surface area (Å²) < 4.78 is 19.0. The Morgan fingerprint density at radius 3 is 2.67 bits per heavy atom. The fourth-order valence-corrected chi connectivity index (χ4v) is 2.21. The molecule has 112 valence electrons. The number of hydrogen-bond donors (Lipinski definition) is 2. The molecule has 0 aliphatic carbocycles.